The van der Waals surface area contributed by atoms with Crippen molar-refractivity contribution in [1.29, 1.82) is 0 Å². The number of β-amino-alcohol motifs (C(OH)–C–C–N with tert-alkyl or cyclic N) is 1. The standard InChI is InChI=1S/C17H22N4O3S/c1-20(2)25(23,24)12-14-10-21(11-16(14)22)17-9-8-15(18-19-17)13-6-4-3-5-7-13/h3-9,14,16,22H,10-12H2,1-2H3/t14-,16-/m0/s1. The number of anilines is 1. The van der Waals surface area contributed by atoms with E-state index in [9.17, 15) is 13.5 Å². The molecule has 1 aromatic heterocycles. The molecular formula is C17H22N4O3S. The highest BCUT2D eigenvalue weighted by molar-refractivity contribution is 7.89. The van der Waals surface area contributed by atoms with Crippen LogP contribution in [0.3, 0.4) is 0 Å². The Kier molecular flexibility index (Phi) is 5.03. The first-order valence-corrected chi connectivity index (χ1v) is 9.70. The largest absolute Gasteiger partial charge is 0.391 e. The van der Waals surface area contributed by atoms with E-state index in [1.807, 2.05) is 47.4 Å². The SMILES string of the molecule is CN(C)S(=O)(=O)C[C@@H]1CN(c2ccc(-c3ccccc3)nn2)C[C@@H]1O. The second kappa shape index (κ2) is 7.07. The molecule has 0 aliphatic carbocycles. The third-order valence-corrected chi connectivity index (χ3v) is 6.39. The molecule has 1 aliphatic rings. The number of benzene rings is 1. The molecule has 2 atom stereocenters. The molecule has 2 aromatic rings. The van der Waals surface area contributed by atoms with Gasteiger partial charge in [0.25, 0.3) is 0 Å². The maximum absolute atomic E-state index is 12.0. The van der Waals surface area contributed by atoms with Crippen LogP contribution < -0.4 is 4.90 Å². The van der Waals surface area contributed by atoms with E-state index in [0.717, 1.165) is 11.3 Å². The minimum atomic E-state index is -3.35. The Labute approximate surface area is 148 Å². The molecule has 0 amide bonds. The molecule has 0 radical (unpaired) electrons. The summed E-state index contributed by atoms with van der Waals surface area (Å²) in [5.74, 6) is 0.221. The first kappa shape index (κ1) is 17.8. The van der Waals surface area contributed by atoms with Gasteiger partial charge in [-0.15, -0.1) is 10.2 Å². The van der Waals surface area contributed by atoms with Gasteiger partial charge in [-0.1, -0.05) is 30.3 Å². The number of sulfonamides is 1. The van der Waals surface area contributed by atoms with Gasteiger partial charge in [-0.25, -0.2) is 12.7 Å². The summed E-state index contributed by atoms with van der Waals surface area (Å²) in [5.41, 5.74) is 1.76. The fourth-order valence-corrected chi connectivity index (χ4v) is 4.05. The molecule has 1 N–H and O–H groups in total. The van der Waals surface area contributed by atoms with Crippen LogP contribution in [0.2, 0.25) is 0 Å². The Morgan fingerprint density at radius 3 is 2.44 bits per heavy atom. The maximum atomic E-state index is 12.0. The van der Waals surface area contributed by atoms with Crippen molar-refractivity contribution >= 4 is 15.8 Å². The van der Waals surface area contributed by atoms with Gasteiger partial charge in [0.2, 0.25) is 10.0 Å². The van der Waals surface area contributed by atoms with Crippen LogP contribution in [-0.2, 0) is 10.0 Å². The molecular weight excluding hydrogens is 340 g/mol. The van der Waals surface area contributed by atoms with Crippen molar-refractivity contribution in [3.8, 4) is 11.3 Å². The lowest BCUT2D eigenvalue weighted by Crippen LogP contribution is -2.33. The zero-order valence-corrected chi connectivity index (χ0v) is 15.1. The molecule has 0 unspecified atom stereocenters. The van der Waals surface area contributed by atoms with Crippen molar-refractivity contribution < 1.29 is 13.5 Å². The smallest absolute Gasteiger partial charge is 0.214 e. The molecule has 3 rings (SSSR count). The van der Waals surface area contributed by atoms with Crippen LogP contribution in [0.15, 0.2) is 42.5 Å². The fraction of sp³-hybridized carbons (Fsp3) is 0.412. The van der Waals surface area contributed by atoms with Gasteiger partial charge in [0.05, 0.1) is 17.6 Å². The summed E-state index contributed by atoms with van der Waals surface area (Å²) in [6, 6.07) is 13.5. The quantitative estimate of drug-likeness (QED) is 0.848. The number of aliphatic hydroxyl groups is 1. The van der Waals surface area contributed by atoms with Crippen LogP contribution in [-0.4, -0.2) is 67.1 Å². The molecule has 0 saturated carbocycles. The fourth-order valence-electron chi connectivity index (χ4n) is 2.88. The van der Waals surface area contributed by atoms with Gasteiger partial charge in [0, 0.05) is 38.7 Å². The monoisotopic (exact) mass is 362 g/mol. The molecule has 2 heterocycles. The highest BCUT2D eigenvalue weighted by Crippen LogP contribution is 2.25. The second-order valence-corrected chi connectivity index (χ2v) is 8.66. The zero-order valence-electron chi connectivity index (χ0n) is 14.3. The summed E-state index contributed by atoms with van der Waals surface area (Å²) < 4.78 is 25.3. The molecule has 134 valence electrons. The third-order valence-electron chi connectivity index (χ3n) is 4.43. The lowest BCUT2D eigenvalue weighted by Gasteiger charge is -2.18. The Balaban J connectivity index is 1.71. The normalized spacial score (nSPS) is 21.0. The van der Waals surface area contributed by atoms with Gasteiger partial charge >= 0.3 is 0 Å². The lowest BCUT2D eigenvalue weighted by atomic mass is 10.1. The van der Waals surface area contributed by atoms with E-state index in [2.05, 4.69) is 10.2 Å². The van der Waals surface area contributed by atoms with Crippen LogP contribution in [0.5, 0.6) is 0 Å². The number of aliphatic hydroxyl groups excluding tert-OH is 1. The molecule has 25 heavy (non-hydrogen) atoms. The summed E-state index contributed by atoms with van der Waals surface area (Å²) in [7, 11) is -0.348. The first-order valence-electron chi connectivity index (χ1n) is 8.09. The van der Waals surface area contributed by atoms with Crippen LogP contribution in [0.1, 0.15) is 0 Å². The predicted octanol–water partition coefficient (Wildman–Crippen LogP) is 0.832. The van der Waals surface area contributed by atoms with Crippen LogP contribution in [0.25, 0.3) is 11.3 Å². The molecule has 0 spiro atoms. The van der Waals surface area contributed by atoms with E-state index < -0.39 is 16.1 Å². The van der Waals surface area contributed by atoms with Crippen LogP contribution in [0, 0.1) is 5.92 Å². The van der Waals surface area contributed by atoms with E-state index in [4.69, 9.17) is 0 Å². The number of nitrogens with zero attached hydrogens (tertiary/aromatic N) is 4. The van der Waals surface area contributed by atoms with Crippen LogP contribution in [0.4, 0.5) is 5.82 Å². The number of hydrogen-bond acceptors (Lipinski definition) is 6. The highest BCUT2D eigenvalue weighted by Gasteiger charge is 2.36. The van der Waals surface area contributed by atoms with Gasteiger partial charge in [-0.05, 0) is 12.1 Å². The predicted molar refractivity (Wildman–Crippen MR) is 96.7 cm³/mol. The summed E-state index contributed by atoms with van der Waals surface area (Å²) >= 11 is 0. The summed E-state index contributed by atoms with van der Waals surface area (Å²) in [5, 5.41) is 18.7. The average molecular weight is 362 g/mol. The molecule has 1 aromatic carbocycles. The van der Waals surface area contributed by atoms with Gasteiger partial charge in [-0.3, -0.25) is 0 Å². The van der Waals surface area contributed by atoms with Gasteiger partial charge in [0.1, 0.15) is 0 Å². The maximum Gasteiger partial charge on any atom is 0.214 e. The second-order valence-electron chi connectivity index (χ2n) is 6.44. The van der Waals surface area contributed by atoms with Crippen molar-refractivity contribution in [3.63, 3.8) is 0 Å². The van der Waals surface area contributed by atoms with Crippen molar-refractivity contribution in [3.05, 3.63) is 42.5 Å². The van der Waals surface area contributed by atoms with E-state index in [-0.39, 0.29) is 11.7 Å². The van der Waals surface area contributed by atoms with Crippen molar-refractivity contribution in [2.75, 3.05) is 37.8 Å². The Morgan fingerprint density at radius 2 is 1.84 bits per heavy atom. The lowest BCUT2D eigenvalue weighted by molar-refractivity contribution is 0.157. The summed E-state index contributed by atoms with van der Waals surface area (Å²) in [6.07, 6.45) is -0.703. The highest BCUT2D eigenvalue weighted by atomic mass is 32.2. The van der Waals surface area contributed by atoms with Crippen molar-refractivity contribution in [1.82, 2.24) is 14.5 Å². The molecule has 8 heteroatoms. The van der Waals surface area contributed by atoms with E-state index >= 15 is 0 Å². The Morgan fingerprint density at radius 1 is 1.12 bits per heavy atom. The average Bonchev–Trinajstić information content (AvgIpc) is 2.96. The topological polar surface area (TPSA) is 86.6 Å². The van der Waals surface area contributed by atoms with E-state index in [1.54, 1.807) is 0 Å². The minimum Gasteiger partial charge on any atom is -0.391 e. The van der Waals surface area contributed by atoms with Gasteiger partial charge in [0.15, 0.2) is 5.82 Å². The molecule has 1 aliphatic heterocycles. The molecule has 7 nitrogen and oxygen atoms in total. The Hall–Kier alpha value is -2.03. The third kappa shape index (κ3) is 3.97. The molecule has 1 fully saturated rings. The number of aromatic nitrogens is 2. The van der Waals surface area contributed by atoms with E-state index in [1.165, 1.54) is 18.4 Å². The summed E-state index contributed by atoms with van der Waals surface area (Å²) in [6.45, 7) is 0.792. The molecule has 0 bridgehead atoms. The van der Waals surface area contributed by atoms with Crippen molar-refractivity contribution in [2.24, 2.45) is 5.92 Å². The molecule has 1 saturated heterocycles. The summed E-state index contributed by atoms with van der Waals surface area (Å²) in [4.78, 5) is 1.88. The zero-order chi connectivity index (χ0) is 18.0. The Bertz CT molecular complexity index is 810. The number of hydrogen-bond donors (Lipinski definition) is 1. The minimum absolute atomic E-state index is 0.0762. The first-order chi connectivity index (χ1) is 11.9. The van der Waals surface area contributed by atoms with Gasteiger partial charge in [-0.2, -0.15) is 0 Å². The number of rotatable bonds is 5. The van der Waals surface area contributed by atoms with Crippen LogP contribution >= 0.6 is 0 Å². The van der Waals surface area contributed by atoms with E-state index in [0.29, 0.717) is 18.9 Å². The van der Waals surface area contributed by atoms with Crippen molar-refractivity contribution in [2.45, 2.75) is 6.10 Å². The van der Waals surface area contributed by atoms with Gasteiger partial charge < -0.3 is 10.0 Å².